The molecule has 1 saturated carbocycles. The second-order valence-electron chi connectivity index (χ2n) is 9.80. The Morgan fingerprint density at radius 3 is 2.73 bits per heavy atom. The van der Waals surface area contributed by atoms with E-state index in [2.05, 4.69) is 44.4 Å². The molecule has 8 nitrogen and oxygen atoms in total. The van der Waals surface area contributed by atoms with Crippen molar-refractivity contribution in [3.8, 4) is 11.5 Å². The molecule has 3 atom stereocenters. The van der Waals surface area contributed by atoms with Crippen molar-refractivity contribution < 1.29 is 9.47 Å². The van der Waals surface area contributed by atoms with E-state index in [0.29, 0.717) is 24.7 Å². The first-order valence-corrected chi connectivity index (χ1v) is 12.8. The van der Waals surface area contributed by atoms with E-state index in [9.17, 15) is 0 Å². The van der Waals surface area contributed by atoms with Gasteiger partial charge in [-0.05, 0) is 79.7 Å². The van der Waals surface area contributed by atoms with Crippen LogP contribution in [0.2, 0.25) is 0 Å². The lowest BCUT2D eigenvalue weighted by Gasteiger charge is -2.38. The van der Waals surface area contributed by atoms with Gasteiger partial charge in [0.05, 0.1) is 5.69 Å². The molecular formula is C24H28N6O2S. The average molecular weight is 465 g/mol. The lowest BCUT2D eigenvalue weighted by atomic mass is 9.91. The molecule has 172 valence electrons. The van der Waals surface area contributed by atoms with Crippen LogP contribution in [0.15, 0.2) is 24.3 Å². The lowest BCUT2D eigenvalue weighted by molar-refractivity contribution is 0.174. The van der Waals surface area contributed by atoms with Crippen molar-refractivity contribution in [1.82, 2.24) is 19.1 Å². The van der Waals surface area contributed by atoms with Crippen LogP contribution < -0.4 is 19.7 Å². The Kier molecular flexibility index (Phi) is 4.53. The molecule has 9 heteroatoms. The van der Waals surface area contributed by atoms with Gasteiger partial charge in [-0.15, -0.1) is 5.10 Å². The SMILES string of the molecule is Cc1cc(N2CC3CCC(C2)C3Nc2nc3n(n2)CCCC3c2ccc3c(c2)OCO3)sn1. The highest BCUT2D eigenvalue weighted by Crippen LogP contribution is 2.42. The van der Waals surface area contributed by atoms with E-state index >= 15 is 0 Å². The van der Waals surface area contributed by atoms with Crippen LogP contribution in [0.4, 0.5) is 10.9 Å². The molecule has 5 heterocycles. The van der Waals surface area contributed by atoms with Gasteiger partial charge in [0.25, 0.3) is 0 Å². The van der Waals surface area contributed by atoms with Gasteiger partial charge in [-0.2, -0.15) is 9.36 Å². The molecule has 3 aromatic rings. The number of ether oxygens (including phenoxy) is 2. The molecule has 0 spiro atoms. The molecule has 0 amide bonds. The molecular weight excluding hydrogens is 436 g/mol. The molecule has 2 aromatic heterocycles. The summed E-state index contributed by atoms with van der Waals surface area (Å²) in [5.74, 6) is 5.00. The van der Waals surface area contributed by atoms with Crippen LogP contribution in [-0.4, -0.2) is 45.1 Å². The van der Waals surface area contributed by atoms with Crippen LogP contribution in [0.5, 0.6) is 11.5 Å². The Labute approximate surface area is 197 Å². The number of aryl methyl sites for hydroxylation is 2. The fourth-order valence-corrected chi connectivity index (χ4v) is 6.92. The molecule has 3 unspecified atom stereocenters. The van der Waals surface area contributed by atoms with Crippen molar-refractivity contribution >= 4 is 22.5 Å². The van der Waals surface area contributed by atoms with Crippen molar-refractivity contribution in [2.75, 3.05) is 30.1 Å². The summed E-state index contributed by atoms with van der Waals surface area (Å²) in [6, 6.07) is 8.94. The number of nitrogens with zero attached hydrogens (tertiary/aromatic N) is 5. The van der Waals surface area contributed by atoms with E-state index in [1.807, 2.05) is 6.07 Å². The van der Waals surface area contributed by atoms with E-state index in [4.69, 9.17) is 19.6 Å². The Bertz CT molecular complexity index is 1180. The van der Waals surface area contributed by atoms with Gasteiger partial charge < -0.3 is 19.7 Å². The van der Waals surface area contributed by atoms with E-state index in [-0.39, 0.29) is 5.92 Å². The van der Waals surface area contributed by atoms with Crippen LogP contribution in [0.25, 0.3) is 0 Å². The van der Waals surface area contributed by atoms with Crippen molar-refractivity contribution in [3.63, 3.8) is 0 Å². The summed E-state index contributed by atoms with van der Waals surface area (Å²) >= 11 is 1.63. The molecule has 3 aliphatic heterocycles. The van der Waals surface area contributed by atoms with Gasteiger partial charge in [0.1, 0.15) is 10.8 Å². The van der Waals surface area contributed by atoms with Crippen LogP contribution in [0.3, 0.4) is 0 Å². The maximum Gasteiger partial charge on any atom is 0.242 e. The molecule has 2 bridgehead atoms. The standard InChI is InChI=1S/C24H28N6O2S/c1-14-9-21(33-28-14)29-11-16-4-5-17(12-29)22(16)25-24-26-23-18(3-2-8-30(23)27-24)15-6-7-19-20(10-15)32-13-31-19/h6-7,9-10,16-18,22H,2-5,8,11-13H2,1H3,(H,25,27). The van der Waals surface area contributed by atoms with Gasteiger partial charge in [-0.3, -0.25) is 0 Å². The minimum atomic E-state index is 0.240. The summed E-state index contributed by atoms with van der Waals surface area (Å²) in [6.07, 6.45) is 4.72. The fraction of sp³-hybridized carbons (Fsp3) is 0.542. The second kappa shape index (κ2) is 7.62. The highest BCUT2D eigenvalue weighted by molar-refractivity contribution is 7.10. The molecule has 1 N–H and O–H groups in total. The number of piperidine rings is 1. The van der Waals surface area contributed by atoms with Gasteiger partial charge in [-0.1, -0.05) is 6.07 Å². The van der Waals surface area contributed by atoms with Crippen molar-refractivity contribution in [2.24, 2.45) is 11.8 Å². The molecule has 4 aliphatic rings. The summed E-state index contributed by atoms with van der Waals surface area (Å²) in [6.45, 7) is 5.48. The van der Waals surface area contributed by atoms with Crippen molar-refractivity contribution in [1.29, 1.82) is 0 Å². The molecule has 33 heavy (non-hydrogen) atoms. The van der Waals surface area contributed by atoms with Crippen LogP contribution in [-0.2, 0) is 6.54 Å². The van der Waals surface area contributed by atoms with Crippen LogP contribution >= 0.6 is 11.5 Å². The molecule has 7 rings (SSSR count). The van der Waals surface area contributed by atoms with E-state index in [1.165, 1.54) is 23.4 Å². The zero-order chi connectivity index (χ0) is 21.9. The number of aromatic nitrogens is 4. The van der Waals surface area contributed by atoms with Crippen molar-refractivity contribution in [2.45, 2.75) is 51.1 Å². The number of fused-ring (bicyclic) bond motifs is 4. The second-order valence-corrected chi connectivity index (χ2v) is 10.6. The zero-order valence-corrected chi connectivity index (χ0v) is 19.6. The maximum atomic E-state index is 5.61. The highest BCUT2D eigenvalue weighted by Gasteiger charge is 2.43. The van der Waals surface area contributed by atoms with Crippen LogP contribution in [0.1, 0.15) is 48.7 Å². The third-order valence-corrected chi connectivity index (χ3v) is 8.67. The van der Waals surface area contributed by atoms with Gasteiger partial charge in [0, 0.05) is 31.6 Å². The first kappa shape index (κ1) is 19.6. The largest absolute Gasteiger partial charge is 0.454 e. The average Bonchev–Trinajstić information content (AvgIpc) is 3.59. The highest BCUT2D eigenvalue weighted by atomic mass is 32.1. The molecule has 1 saturated heterocycles. The van der Waals surface area contributed by atoms with Gasteiger partial charge in [0.15, 0.2) is 11.5 Å². The van der Waals surface area contributed by atoms with E-state index in [0.717, 1.165) is 61.4 Å². The fourth-order valence-electron chi connectivity index (χ4n) is 6.14. The summed E-state index contributed by atoms with van der Waals surface area (Å²) in [5, 5.41) is 9.96. The Morgan fingerprint density at radius 1 is 1.06 bits per heavy atom. The zero-order valence-electron chi connectivity index (χ0n) is 18.7. The summed E-state index contributed by atoms with van der Waals surface area (Å²) < 4.78 is 17.7. The topological polar surface area (TPSA) is 77.3 Å². The Morgan fingerprint density at radius 2 is 1.91 bits per heavy atom. The summed E-state index contributed by atoms with van der Waals surface area (Å²) in [5.41, 5.74) is 2.35. The van der Waals surface area contributed by atoms with E-state index < -0.39 is 0 Å². The minimum Gasteiger partial charge on any atom is -0.454 e. The summed E-state index contributed by atoms with van der Waals surface area (Å²) in [7, 11) is 0. The number of nitrogens with one attached hydrogen (secondary N) is 1. The number of anilines is 2. The number of benzene rings is 1. The molecule has 2 fully saturated rings. The predicted octanol–water partition coefficient (Wildman–Crippen LogP) is 4.02. The number of hydrogen-bond acceptors (Lipinski definition) is 8. The molecule has 0 radical (unpaired) electrons. The maximum absolute atomic E-state index is 5.61. The van der Waals surface area contributed by atoms with Gasteiger partial charge >= 0.3 is 0 Å². The number of hydrogen-bond donors (Lipinski definition) is 1. The van der Waals surface area contributed by atoms with Gasteiger partial charge in [-0.25, -0.2) is 4.68 Å². The van der Waals surface area contributed by atoms with Crippen LogP contribution in [0, 0.1) is 18.8 Å². The number of rotatable bonds is 4. The quantitative estimate of drug-likeness (QED) is 0.625. The smallest absolute Gasteiger partial charge is 0.242 e. The first-order chi connectivity index (χ1) is 16.2. The summed E-state index contributed by atoms with van der Waals surface area (Å²) in [4.78, 5) is 7.55. The molecule has 1 aromatic carbocycles. The first-order valence-electron chi connectivity index (χ1n) is 12.0. The predicted molar refractivity (Wildman–Crippen MR) is 126 cm³/mol. The Hall–Kier alpha value is -2.81. The normalized spacial score (nSPS) is 27.6. The van der Waals surface area contributed by atoms with Gasteiger partial charge in [0.2, 0.25) is 12.7 Å². The minimum absolute atomic E-state index is 0.240. The third kappa shape index (κ3) is 3.36. The Balaban J connectivity index is 1.11. The molecule has 1 aliphatic carbocycles. The van der Waals surface area contributed by atoms with E-state index in [1.54, 1.807) is 11.5 Å². The lowest BCUT2D eigenvalue weighted by Crippen LogP contribution is -2.48. The monoisotopic (exact) mass is 464 g/mol. The van der Waals surface area contributed by atoms with Crippen molar-refractivity contribution in [3.05, 3.63) is 41.3 Å². The third-order valence-electron chi connectivity index (χ3n) is 7.73.